The van der Waals surface area contributed by atoms with Gasteiger partial charge < -0.3 is 9.64 Å². The van der Waals surface area contributed by atoms with E-state index in [1.54, 1.807) is 25.5 Å². The molecule has 28 heavy (non-hydrogen) atoms. The van der Waals surface area contributed by atoms with Crippen LogP contribution < -0.4 is 9.62 Å². The third-order valence-corrected chi connectivity index (χ3v) is 5.23. The van der Waals surface area contributed by atoms with Crippen LogP contribution in [0.25, 0.3) is 22.0 Å². The fourth-order valence-corrected chi connectivity index (χ4v) is 3.85. The summed E-state index contributed by atoms with van der Waals surface area (Å²) in [4.78, 5) is 15.4. The minimum Gasteiger partial charge on any atom is -0.378 e. The molecule has 0 radical (unpaired) electrons. The Balaban J connectivity index is 1.78. The molecule has 1 saturated heterocycles. The van der Waals surface area contributed by atoms with Crippen molar-refractivity contribution in [3.05, 3.63) is 42.5 Å². The fraction of sp³-hybridized carbons (Fsp3) is 0.316. The zero-order valence-electron chi connectivity index (χ0n) is 15.7. The third-order valence-electron chi connectivity index (χ3n) is 4.64. The molecule has 1 fully saturated rings. The van der Waals surface area contributed by atoms with Crippen LogP contribution in [0.1, 0.15) is 5.69 Å². The summed E-state index contributed by atoms with van der Waals surface area (Å²) in [6.07, 6.45) is 4.44. The number of rotatable bonds is 4. The number of nitrogens with one attached hydrogen (secondary N) is 1. The number of anilines is 2. The maximum Gasteiger partial charge on any atom is 0.229 e. The lowest BCUT2D eigenvalue weighted by molar-refractivity contribution is 0.122. The summed E-state index contributed by atoms with van der Waals surface area (Å²) in [6, 6.07) is 7.72. The number of sulfonamides is 1. The molecular formula is C19H21N5O3S. The van der Waals surface area contributed by atoms with Crippen molar-refractivity contribution < 1.29 is 13.2 Å². The van der Waals surface area contributed by atoms with Gasteiger partial charge in [0.05, 0.1) is 36.4 Å². The van der Waals surface area contributed by atoms with Crippen molar-refractivity contribution in [1.82, 2.24) is 15.0 Å². The quantitative estimate of drug-likeness (QED) is 0.718. The normalized spacial score (nSPS) is 15.0. The molecule has 0 spiro atoms. The molecule has 3 heterocycles. The van der Waals surface area contributed by atoms with Gasteiger partial charge in [0, 0.05) is 30.2 Å². The van der Waals surface area contributed by atoms with Crippen LogP contribution in [0.3, 0.4) is 0 Å². The lowest BCUT2D eigenvalue weighted by Crippen LogP contribution is -2.36. The van der Waals surface area contributed by atoms with E-state index in [0.717, 1.165) is 47.2 Å². The largest absolute Gasteiger partial charge is 0.378 e. The van der Waals surface area contributed by atoms with E-state index in [4.69, 9.17) is 4.74 Å². The van der Waals surface area contributed by atoms with Crippen molar-refractivity contribution in [3.63, 3.8) is 0 Å². The lowest BCUT2D eigenvalue weighted by Gasteiger charge is -2.28. The molecule has 9 heteroatoms. The van der Waals surface area contributed by atoms with E-state index >= 15 is 0 Å². The topological polar surface area (TPSA) is 97.3 Å². The van der Waals surface area contributed by atoms with Gasteiger partial charge in [-0.2, -0.15) is 0 Å². The van der Waals surface area contributed by atoms with Crippen LogP contribution in [-0.2, 0) is 14.8 Å². The first-order chi connectivity index (χ1) is 13.4. The molecule has 0 aliphatic carbocycles. The van der Waals surface area contributed by atoms with Gasteiger partial charge in [0.25, 0.3) is 0 Å². The maximum atomic E-state index is 11.6. The van der Waals surface area contributed by atoms with Crippen LogP contribution in [0.4, 0.5) is 11.5 Å². The van der Waals surface area contributed by atoms with Gasteiger partial charge in [-0.1, -0.05) is 6.07 Å². The predicted octanol–water partition coefficient (Wildman–Crippen LogP) is 2.21. The molecule has 2 aromatic heterocycles. The Morgan fingerprint density at radius 2 is 1.86 bits per heavy atom. The van der Waals surface area contributed by atoms with Crippen molar-refractivity contribution in [2.75, 3.05) is 42.2 Å². The average molecular weight is 399 g/mol. The second-order valence-corrected chi connectivity index (χ2v) is 8.51. The molecule has 0 bridgehead atoms. The van der Waals surface area contributed by atoms with Crippen molar-refractivity contribution >= 4 is 32.4 Å². The lowest BCUT2D eigenvalue weighted by atomic mass is 10.0. The van der Waals surface area contributed by atoms with Crippen molar-refractivity contribution in [1.29, 1.82) is 0 Å². The Hall–Kier alpha value is -2.78. The van der Waals surface area contributed by atoms with E-state index in [1.807, 2.05) is 18.2 Å². The third kappa shape index (κ3) is 3.90. The van der Waals surface area contributed by atoms with E-state index in [1.165, 1.54) is 0 Å². The molecule has 146 valence electrons. The predicted molar refractivity (Wildman–Crippen MR) is 109 cm³/mol. The summed E-state index contributed by atoms with van der Waals surface area (Å²) in [5.74, 6) is 0.879. The molecule has 0 atom stereocenters. The van der Waals surface area contributed by atoms with E-state index < -0.39 is 10.0 Å². The molecule has 8 nitrogen and oxygen atoms in total. The van der Waals surface area contributed by atoms with Gasteiger partial charge >= 0.3 is 0 Å². The Kier molecular flexibility index (Phi) is 4.86. The highest BCUT2D eigenvalue weighted by Gasteiger charge is 2.16. The highest BCUT2D eigenvalue weighted by atomic mass is 32.2. The van der Waals surface area contributed by atoms with Crippen molar-refractivity contribution in [2.24, 2.45) is 0 Å². The number of morpholine rings is 1. The minimum absolute atomic E-state index is 0.470. The van der Waals surface area contributed by atoms with Crippen LogP contribution >= 0.6 is 0 Å². The van der Waals surface area contributed by atoms with Gasteiger partial charge in [0.2, 0.25) is 10.0 Å². The highest BCUT2D eigenvalue weighted by molar-refractivity contribution is 7.92. The summed E-state index contributed by atoms with van der Waals surface area (Å²) >= 11 is 0. The van der Waals surface area contributed by atoms with Crippen LogP contribution in [0.2, 0.25) is 0 Å². The van der Waals surface area contributed by atoms with E-state index in [2.05, 4.69) is 24.6 Å². The molecule has 0 saturated carbocycles. The summed E-state index contributed by atoms with van der Waals surface area (Å²) in [6.45, 7) is 4.68. The molecule has 1 aliphatic rings. The van der Waals surface area contributed by atoms with Crippen LogP contribution in [0, 0.1) is 6.92 Å². The molecule has 1 aliphatic heterocycles. The number of benzene rings is 1. The number of aromatic nitrogens is 3. The number of hydrogen-bond donors (Lipinski definition) is 1. The molecule has 3 aromatic rings. The Morgan fingerprint density at radius 1 is 1.07 bits per heavy atom. The maximum absolute atomic E-state index is 11.6. The average Bonchev–Trinajstić information content (AvgIpc) is 2.68. The number of nitrogens with zero attached hydrogens (tertiary/aromatic N) is 4. The molecule has 1 N–H and O–H groups in total. The van der Waals surface area contributed by atoms with Gasteiger partial charge in [0.15, 0.2) is 0 Å². The first-order valence-electron chi connectivity index (χ1n) is 8.93. The fourth-order valence-electron chi connectivity index (χ4n) is 3.24. The molecule has 0 amide bonds. The SMILES string of the molecule is Cc1ncc(-c2ccc3ncnc(N4CCOCC4)c3c2)cc1NS(C)(=O)=O. The van der Waals surface area contributed by atoms with Crippen LogP contribution in [0.15, 0.2) is 36.8 Å². The zero-order chi connectivity index (χ0) is 19.7. The van der Waals surface area contributed by atoms with Gasteiger partial charge in [-0.15, -0.1) is 0 Å². The van der Waals surface area contributed by atoms with E-state index in [-0.39, 0.29) is 0 Å². The monoisotopic (exact) mass is 399 g/mol. The minimum atomic E-state index is -3.38. The number of aryl methyl sites for hydroxylation is 1. The first kappa shape index (κ1) is 18.6. The van der Waals surface area contributed by atoms with Crippen molar-refractivity contribution in [2.45, 2.75) is 6.92 Å². The molecule has 1 aromatic carbocycles. The van der Waals surface area contributed by atoms with E-state index in [9.17, 15) is 8.42 Å². The number of hydrogen-bond acceptors (Lipinski definition) is 7. The molecule has 0 unspecified atom stereocenters. The summed E-state index contributed by atoms with van der Waals surface area (Å²) in [7, 11) is -3.38. The van der Waals surface area contributed by atoms with Crippen LogP contribution in [-0.4, -0.2) is 55.9 Å². The number of ether oxygens (including phenoxy) is 1. The highest BCUT2D eigenvalue weighted by Crippen LogP contribution is 2.30. The first-order valence-corrected chi connectivity index (χ1v) is 10.8. The Labute approximate surface area is 163 Å². The second-order valence-electron chi connectivity index (χ2n) is 6.76. The van der Waals surface area contributed by atoms with Gasteiger partial charge in [-0.05, 0) is 30.7 Å². The van der Waals surface area contributed by atoms with E-state index in [0.29, 0.717) is 24.6 Å². The van der Waals surface area contributed by atoms with Crippen molar-refractivity contribution in [3.8, 4) is 11.1 Å². The smallest absolute Gasteiger partial charge is 0.229 e. The molecular weight excluding hydrogens is 378 g/mol. The second kappa shape index (κ2) is 7.33. The number of pyridine rings is 1. The number of fused-ring (bicyclic) bond motifs is 1. The standard InChI is InChI=1S/C19H21N5O3S/c1-13-18(23-28(2,25)26)10-15(11-20-13)14-3-4-17-16(9-14)19(22-12-21-17)24-5-7-27-8-6-24/h3-4,9-12,23H,5-8H2,1-2H3. The summed E-state index contributed by atoms with van der Waals surface area (Å²) < 4.78 is 31.2. The van der Waals surface area contributed by atoms with Gasteiger partial charge in [0.1, 0.15) is 12.1 Å². The Bertz CT molecular complexity index is 1130. The summed E-state index contributed by atoms with van der Waals surface area (Å²) in [5.41, 5.74) is 3.68. The van der Waals surface area contributed by atoms with Crippen LogP contribution in [0.5, 0.6) is 0 Å². The van der Waals surface area contributed by atoms with Gasteiger partial charge in [-0.3, -0.25) is 9.71 Å². The van der Waals surface area contributed by atoms with Gasteiger partial charge in [-0.25, -0.2) is 18.4 Å². The zero-order valence-corrected chi connectivity index (χ0v) is 16.5. The Morgan fingerprint density at radius 3 is 2.61 bits per heavy atom. The molecule has 4 rings (SSSR count). The summed E-state index contributed by atoms with van der Waals surface area (Å²) in [5, 5.41) is 0.945.